The molecule has 0 saturated carbocycles. The number of hydrogen-bond donors (Lipinski definition) is 2. The van der Waals surface area contributed by atoms with Gasteiger partial charge in [-0.25, -0.2) is 4.79 Å². The molecule has 0 amide bonds. The number of nitrogens with zero attached hydrogens (tertiary/aromatic N) is 1. The fourth-order valence-electron chi connectivity index (χ4n) is 4.21. The number of unbranched alkanes of at least 4 members (excludes halogenated alkanes) is 7. The highest BCUT2D eigenvalue weighted by Gasteiger charge is 2.30. The van der Waals surface area contributed by atoms with Gasteiger partial charge in [-0.15, -0.1) is 11.8 Å². The van der Waals surface area contributed by atoms with Crippen molar-refractivity contribution >= 4 is 17.7 Å². The van der Waals surface area contributed by atoms with Crippen LogP contribution < -0.4 is 5.73 Å². The third-order valence-electron chi connectivity index (χ3n) is 6.53. The Kier molecular flexibility index (Phi) is 18.0. The van der Waals surface area contributed by atoms with Crippen LogP contribution in [0, 0.1) is 5.92 Å². The van der Waals surface area contributed by atoms with Gasteiger partial charge in [-0.3, -0.25) is 0 Å². The fourth-order valence-corrected chi connectivity index (χ4v) is 5.47. The summed E-state index contributed by atoms with van der Waals surface area (Å²) in [5.41, 5.74) is 5.74. The molecule has 1 atom stereocenters. The molecular formula is C31H49F3N2O2S. The van der Waals surface area contributed by atoms with Gasteiger partial charge in [-0.05, 0) is 67.7 Å². The molecule has 1 aromatic rings. The average Bonchev–Trinajstić information content (AvgIpc) is 2.89. The second-order valence-corrected chi connectivity index (χ2v) is 11.7. The molecule has 4 nitrogen and oxygen atoms in total. The van der Waals surface area contributed by atoms with Gasteiger partial charge in [-0.2, -0.15) is 13.2 Å². The minimum atomic E-state index is -4.34. The highest BCUT2D eigenvalue weighted by atomic mass is 32.2. The smallest absolute Gasteiger partial charge is 0.416 e. The zero-order chi connectivity index (χ0) is 29.1. The van der Waals surface area contributed by atoms with Crippen LogP contribution in [0.5, 0.6) is 0 Å². The predicted octanol–water partition coefficient (Wildman–Crippen LogP) is 8.67. The van der Waals surface area contributed by atoms with Crippen molar-refractivity contribution in [1.29, 1.82) is 0 Å². The summed E-state index contributed by atoms with van der Waals surface area (Å²) in [5, 5.41) is 9.22. The highest BCUT2D eigenvalue weighted by Crippen LogP contribution is 2.31. The van der Waals surface area contributed by atoms with Crippen molar-refractivity contribution in [3.05, 3.63) is 59.3 Å². The molecule has 0 fully saturated rings. The van der Waals surface area contributed by atoms with Gasteiger partial charge in [0.15, 0.2) is 0 Å². The monoisotopic (exact) mass is 570 g/mol. The molecule has 222 valence electrons. The summed E-state index contributed by atoms with van der Waals surface area (Å²) in [5.74, 6) is 0.241. The lowest BCUT2D eigenvalue weighted by atomic mass is 10.1. The summed E-state index contributed by atoms with van der Waals surface area (Å²) in [4.78, 5) is 13.6. The molecule has 3 N–H and O–H groups in total. The van der Waals surface area contributed by atoms with E-state index in [-0.39, 0.29) is 5.37 Å². The van der Waals surface area contributed by atoms with Gasteiger partial charge < -0.3 is 15.7 Å². The summed E-state index contributed by atoms with van der Waals surface area (Å²) < 4.78 is 38.4. The SMILES string of the molecule is CC(C)CCN1C=CC=C(C(=O)O)C1SCCCc1cccc(C(F)(F)F)c1.CCCCCCCCCCN. The molecule has 1 aromatic carbocycles. The summed E-state index contributed by atoms with van der Waals surface area (Å²) >= 11 is 1.53. The normalized spacial score (nSPS) is 15.2. The van der Waals surface area contributed by atoms with Crippen LogP contribution in [-0.2, 0) is 17.4 Å². The van der Waals surface area contributed by atoms with Crippen LogP contribution in [0.15, 0.2) is 48.2 Å². The maximum absolute atomic E-state index is 12.8. The van der Waals surface area contributed by atoms with Crippen LogP contribution in [0.3, 0.4) is 0 Å². The van der Waals surface area contributed by atoms with Crippen molar-refractivity contribution < 1.29 is 23.1 Å². The molecule has 1 unspecified atom stereocenters. The van der Waals surface area contributed by atoms with Gasteiger partial charge in [0.2, 0.25) is 0 Å². The minimum absolute atomic E-state index is 0.275. The Morgan fingerprint density at radius 2 is 1.74 bits per heavy atom. The van der Waals surface area contributed by atoms with Gasteiger partial charge in [0.25, 0.3) is 0 Å². The van der Waals surface area contributed by atoms with E-state index in [1.54, 1.807) is 18.2 Å². The Hall–Kier alpha value is -1.93. The predicted molar refractivity (Wildman–Crippen MR) is 159 cm³/mol. The number of aryl methyl sites for hydroxylation is 1. The van der Waals surface area contributed by atoms with Crippen molar-refractivity contribution in [3.63, 3.8) is 0 Å². The van der Waals surface area contributed by atoms with Crippen LogP contribution >= 0.6 is 11.8 Å². The minimum Gasteiger partial charge on any atom is -0.478 e. The van der Waals surface area contributed by atoms with Gasteiger partial charge in [0, 0.05) is 12.7 Å². The third kappa shape index (κ3) is 15.4. The van der Waals surface area contributed by atoms with Gasteiger partial charge in [0.05, 0.1) is 11.1 Å². The van der Waals surface area contributed by atoms with Crippen LogP contribution in [0.2, 0.25) is 0 Å². The van der Waals surface area contributed by atoms with Crippen molar-refractivity contribution in [3.8, 4) is 0 Å². The molecule has 0 aliphatic carbocycles. The van der Waals surface area contributed by atoms with Crippen molar-refractivity contribution in [2.24, 2.45) is 11.7 Å². The van der Waals surface area contributed by atoms with Crippen molar-refractivity contribution in [2.75, 3.05) is 18.8 Å². The van der Waals surface area contributed by atoms with Gasteiger partial charge >= 0.3 is 12.1 Å². The highest BCUT2D eigenvalue weighted by molar-refractivity contribution is 8.00. The maximum Gasteiger partial charge on any atom is 0.416 e. The number of carbonyl (C=O) groups is 1. The first kappa shape index (κ1) is 35.1. The van der Waals surface area contributed by atoms with Crippen LogP contribution in [0.1, 0.15) is 96.1 Å². The Balaban J connectivity index is 0.000000584. The van der Waals surface area contributed by atoms with E-state index in [0.717, 1.165) is 25.6 Å². The van der Waals surface area contributed by atoms with Crippen LogP contribution in [-0.4, -0.2) is 40.2 Å². The Bertz CT molecular complexity index is 864. The lowest BCUT2D eigenvalue weighted by Crippen LogP contribution is -2.35. The maximum atomic E-state index is 12.8. The summed E-state index contributed by atoms with van der Waals surface area (Å²) in [6, 6.07) is 5.38. The van der Waals surface area contributed by atoms with E-state index in [0.29, 0.717) is 35.6 Å². The number of carboxylic acid groups (broad SMARTS) is 1. The second-order valence-electron chi connectivity index (χ2n) is 10.5. The quantitative estimate of drug-likeness (QED) is 0.183. The molecule has 1 aliphatic rings. The molecule has 0 radical (unpaired) electrons. The van der Waals surface area contributed by atoms with E-state index in [4.69, 9.17) is 5.73 Å². The van der Waals surface area contributed by atoms with E-state index in [1.807, 2.05) is 11.1 Å². The summed E-state index contributed by atoms with van der Waals surface area (Å²) in [6.07, 6.45) is 14.1. The molecule has 0 aromatic heterocycles. The average molecular weight is 571 g/mol. The lowest BCUT2D eigenvalue weighted by Gasteiger charge is -2.33. The number of alkyl halides is 3. The number of rotatable bonds is 17. The van der Waals surface area contributed by atoms with Gasteiger partial charge in [0.1, 0.15) is 5.37 Å². The topological polar surface area (TPSA) is 66.6 Å². The van der Waals surface area contributed by atoms with E-state index in [2.05, 4.69) is 20.8 Å². The second kappa shape index (κ2) is 20.0. The number of halogens is 3. The first-order chi connectivity index (χ1) is 18.6. The number of benzene rings is 1. The molecule has 1 aliphatic heterocycles. The van der Waals surface area contributed by atoms with Crippen molar-refractivity contribution in [1.82, 2.24) is 4.90 Å². The van der Waals surface area contributed by atoms with E-state index < -0.39 is 17.7 Å². The standard InChI is InChI=1S/C21H26F3NO2S.C10H23N/c1-15(2)10-12-25-11-4-9-18(20(26)27)19(25)28-13-5-7-16-6-3-8-17(14-16)21(22,23)24;1-2-3-4-5-6-7-8-9-10-11/h3-4,6,8-9,11,14-15,19H,5,7,10,12-13H2,1-2H3,(H,26,27);2-11H2,1H3. The number of thioether (sulfide) groups is 1. The van der Waals surface area contributed by atoms with Gasteiger partial charge in [-0.1, -0.05) is 83.9 Å². The van der Waals surface area contributed by atoms with Crippen molar-refractivity contribution in [2.45, 2.75) is 103 Å². The zero-order valence-corrected chi connectivity index (χ0v) is 24.8. The molecule has 1 heterocycles. The summed E-state index contributed by atoms with van der Waals surface area (Å²) in [6.45, 7) is 8.14. The Morgan fingerprint density at radius 1 is 1.08 bits per heavy atom. The first-order valence-electron chi connectivity index (χ1n) is 14.4. The molecule has 8 heteroatoms. The first-order valence-corrected chi connectivity index (χ1v) is 15.5. The number of carboxylic acids is 1. The van der Waals surface area contributed by atoms with E-state index in [9.17, 15) is 23.1 Å². The summed E-state index contributed by atoms with van der Waals surface area (Å²) in [7, 11) is 0. The van der Waals surface area contributed by atoms with Crippen LogP contribution in [0.25, 0.3) is 0 Å². The van der Waals surface area contributed by atoms with E-state index in [1.165, 1.54) is 75.3 Å². The number of nitrogens with two attached hydrogens (primary N) is 1. The molecule has 0 saturated heterocycles. The number of hydrogen-bond acceptors (Lipinski definition) is 4. The Morgan fingerprint density at radius 3 is 2.33 bits per heavy atom. The Labute approximate surface area is 238 Å². The zero-order valence-electron chi connectivity index (χ0n) is 24.0. The molecule has 2 rings (SSSR count). The molecule has 0 spiro atoms. The lowest BCUT2D eigenvalue weighted by molar-refractivity contribution is -0.137. The molecule has 39 heavy (non-hydrogen) atoms. The number of allylic oxidation sites excluding steroid dienone is 2. The molecular weight excluding hydrogens is 521 g/mol. The largest absolute Gasteiger partial charge is 0.478 e. The molecule has 0 bridgehead atoms. The van der Waals surface area contributed by atoms with Crippen LogP contribution in [0.4, 0.5) is 13.2 Å². The number of aliphatic carboxylic acids is 1. The van der Waals surface area contributed by atoms with E-state index >= 15 is 0 Å². The fraction of sp³-hybridized carbons (Fsp3) is 0.645. The third-order valence-corrected chi connectivity index (χ3v) is 7.89.